The SMILES string of the molecule is COCCNC(=O)CNS(=O)(=O)N1CCCCC1C. The van der Waals surface area contributed by atoms with E-state index in [-0.39, 0.29) is 18.5 Å². The Morgan fingerprint density at radius 1 is 1.42 bits per heavy atom. The zero-order chi connectivity index (χ0) is 14.3. The maximum absolute atomic E-state index is 12.0. The van der Waals surface area contributed by atoms with Gasteiger partial charge in [0.05, 0.1) is 13.2 Å². The van der Waals surface area contributed by atoms with Gasteiger partial charge in [0.2, 0.25) is 5.91 Å². The highest BCUT2D eigenvalue weighted by Gasteiger charge is 2.29. The van der Waals surface area contributed by atoms with Gasteiger partial charge in [0.15, 0.2) is 0 Å². The summed E-state index contributed by atoms with van der Waals surface area (Å²) in [5.41, 5.74) is 0. The molecule has 0 aromatic heterocycles. The Balaban J connectivity index is 2.39. The number of nitrogens with one attached hydrogen (secondary N) is 2. The Labute approximate surface area is 114 Å². The first kappa shape index (κ1) is 16.4. The van der Waals surface area contributed by atoms with Crippen molar-refractivity contribution in [3.05, 3.63) is 0 Å². The largest absolute Gasteiger partial charge is 0.383 e. The number of ether oxygens (including phenoxy) is 1. The van der Waals surface area contributed by atoms with Gasteiger partial charge in [-0.2, -0.15) is 17.4 Å². The molecule has 0 spiro atoms. The standard InChI is InChI=1S/C11H23N3O4S/c1-10-5-3-4-7-14(10)19(16,17)13-9-11(15)12-6-8-18-2/h10,13H,3-9H2,1-2H3,(H,12,15). The molecular formula is C11H23N3O4S. The molecule has 0 radical (unpaired) electrons. The predicted octanol–water partition coefficient (Wildman–Crippen LogP) is -0.542. The molecular weight excluding hydrogens is 270 g/mol. The first-order chi connectivity index (χ1) is 8.97. The van der Waals surface area contributed by atoms with Gasteiger partial charge in [0.25, 0.3) is 10.2 Å². The molecule has 0 bridgehead atoms. The van der Waals surface area contributed by atoms with Gasteiger partial charge in [0.1, 0.15) is 0 Å². The lowest BCUT2D eigenvalue weighted by Crippen LogP contribution is -2.50. The van der Waals surface area contributed by atoms with E-state index >= 15 is 0 Å². The summed E-state index contributed by atoms with van der Waals surface area (Å²) in [5.74, 6) is -0.356. The van der Waals surface area contributed by atoms with Crippen LogP contribution in [0.15, 0.2) is 0 Å². The van der Waals surface area contributed by atoms with Crippen LogP contribution in [0.3, 0.4) is 0 Å². The number of carbonyl (C=O) groups is 1. The van der Waals surface area contributed by atoms with Crippen molar-refractivity contribution in [1.82, 2.24) is 14.3 Å². The van der Waals surface area contributed by atoms with Crippen LogP contribution in [-0.4, -0.2) is 58.0 Å². The van der Waals surface area contributed by atoms with E-state index in [1.165, 1.54) is 11.4 Å². The van der Waals surface area contributed by atoms with Crippen LogP contribution in [0.25, 0.3) is 0 Å². The number of methoxy groups -OCH3 is 1. The molecule has 1 aliphatic heterocycles. The number of carbonyl (C=O) groups excluding carboxylic acids is 1. The molecule has 1 heterocycles. The smallest absolute Gasteiger partial charge is 0.280 e. The van der Waals surface area contributed by atoms with E-state index in [0.29, 0.717) is 19.7 Å². The third-order valence-electron chi connectivity index (χ3n) is 3.09. The van der Waals surface area contributed by atoms with Crippen LogP contribution < -0.4 is 10.0 Å². The van der Waals surface area contributed by atoms with Crippen molar-refractivity contribution in [3.8, 4) is 0 Å². The van der Waals surface area contributed by atoms with Crippen molar-refractivity contribution in [2.24, 2.45) is 0 Å². The van der Waals surface area contributed by atoms with Crippen molar-refractivity contribution in [3.63, 3.8) is 0 Å². The number of piperidine rings is 1. The maximum atomic E-state index is 12.0. The quantitative estimate of drug-likeness (QED) is 0.617. The summed E-state index contributed by atoms with van der Waals surface area (Å²) < 4.78 is 32.6. The maximum Gasteiger partial charge on any atom is 0.280 e. The van der Waals surface area contributed by atoms with E-state index in [4.69, 9.17) is 4.74 Å². The molecule has 0 aromatic rings. The minimum atomic E-state index is -3.57. The lowest BCUT2D eigenvalue weighted by Gasteiger charge is -2.32. The molecule has 1 amide bonds. The van der Waals surface area contributed by atoms with E-state index in [0.717, 1.165) is 19.3 Å². The molecule has 1 aliphatic rings. The highest BCUT2D eigenvalue weighted by molar-refractivity contribution is 7.87. The zero-order valence-electron chi connectivity index (χ0n) is 11.5. The van der Waals surface area contributed by atoms with Crippen LogP contribution in [0.5, 0.6) is 0 Å². The summed E-state index contributed by atoms with van der Waals surface area (Å²) in [7, 11) is -2.03. The van der Waals surface area contributed by atoms with E-state index in [9.17, 15) is 13.2 Å². The van der Waals surface area contributed by atoms with Crippen LogP contribution in [-0.2, 0) is 19.7 Å². The van der Waals surface area contributed by atoms with Gasteiger partial charge in [-0.3, -0.25) is 4.79 Å². The second kappa shape index (κ2) is 7.78. The number of hydrogen-bond acceptors (Lipinski definition) is 4. The highest BCUT2D eigenvalue weighted by atomic mass is 32.2. The van der Waals surface area contributed by atoms with E-state index < -0.39 is 10.2 Å². The monoisotopic (exact) mass is 293 g/mol. The normalized spacial score (nSPS) is 21.3. The Morgan fingerprint density at radius 3 is 2.79 bits per heavy atom. The summed E-state index contributed by atoms with van der Waals surface area (Å²) in [5, 5.41) is 2.56. The van der Waals surface area contributed by atoms with E-state index in [1.807, 2.05) is 6.92 Å². The van der Waals surface area contributed by atoms with Crippen LogP contribution in [0.2, 0.25) is 0 Å². The molecule has 8 heteroatoms. The van der Waals surface area contributed by atoms with Crippen LogP contribution in [0.4, 0.5) is 0 Å². The second-order valence-corrected chi connectivity index (χ2v) is 6.33. The Morgan fingerprint density at radius 2 is 2.16 bits per heavy atom. The Kier molecular flexibility index (Phi) is 6.70. The molecule has 2 N–H and O–H groups in total. The average Bonchev–Trinajstić information content (AvgIpc) is 2.37. The fraction of sp³-hybridized carbons (Fsp3) is 0.909. The van der Waals surface area contributed by atoms with Crippen LogP contribution in [0.1, 0.15) is 26.2 Å². The van der Waals surface area contributed by atoms with Gasteiger partial charge in [0, 0.05) is 26.2 Å². The fourth-order valence-corrected chi connectivity index (χ4v) is 3.45. The molecule has 0 aromatic carbocycles. The molecule has 0 saturated carbocycles. The number of nitrogens with zero attached hydrogens (tertiary/aromatic N) is 1. The molecule has 7 nitrogen and oxygen atoms in total. The highest BCUT2D eigenvalue weighted by Crippen LogP contribution is 2.18. The van der Waals surface area contributed by atoms with Crippen molar-refractivity contribution >= 4 is 16.1 Å². The average molecular weight is 293 g/mol. The molecule has 0 aliphatic carbocycles. The fourth-order valence-electron chi connectivity index (χ4n) is 2.02. The van der Waals surface area contributed by atoms with Gasteiger partial charge in [-0.05, 0) is 19.8 Å². The van der Waals surface area contributed by atoms with Crippen molar-refractivity contribution in [2.75, 3.05) is 33.4 Å². The van der Waals surface area contributed by atoms with Crippen LogP contribution in [0, 0.1) is 0 Å². The van der Waals surface area contributed by atoms with Crippen molar-refractivity contribution < 1.29 is 17.9 Å². The second-order valence-electron chi connectivity index (χ2n) is 4.62. The van der Waals surface area contributed by atoms with Gasteiger partial charge >= 0.3 is 0 Å². The third kappa shape index (κ3) is 5.43. The van der Waals surface area contributed by atoms with Gasteiger partial charge in [-0.15, -0.1) is 0 Å². The Hall–Kier alpha value is -0.700. The first-order valence-electron chi connectivity index (χ1n) is 6.49. The van der Waals surface area contributed by atoms with Crippen LogP contribution >= 0.6 is 0 Å². The molecule has 112 valence electrons. The molecule has 1 rings (SSSR count). The van der Waals surface area contributed by atoms with Gasteiger partial charge < -0.3 is 10.1 Å². The lowest BCUT2D eigenvalue weighted by atomic mass is 10.1. The summed E-state index contributed by atoms with van der Waals surface area (Å²) in [4.78, 5) is 11.4. The summed E-state index contributed by atoms with van der Waals surface area (Å²) >= 11 is 0. The lowest BCUT2D eigenvalue weighted by molar-refractivity contribution is -0.120. The number of hydrogen-bond donors (Lipinski definition) is 2. The van der Waals surface area contributed by atoms with E-state index in [2.05, 4.69) is 10.0 Å². The topological polar surface area (TPSA) is 87.7 Å². The molecule has 1 unspecified atom stereocenters. The van der Waals surface area contributed by atoms with Crippen molar-refractivity contribution in [1.29, 1.82) is 0 Å². The third-order valence-corrected chi connectivity index (χ3v) is 4.76. The summed E-state index contributed by atoms with van der Waals surface area (Å²) in [6.07, 6.45) is 2.77. The number of amides is 1. The molecule has 1 saturated heterocycles. The predicted molar refractivity (Wildman–Crippen MR) is 71.8 cm³/mol. The molecule has 19 heavy (non-hydrogen) atoms. The molecule has 1 fully saturated rings. The minimum absolute atomic E-state index is 0.0113. The Bertz CT molecular complexity index is 385. The first-order valence-corrected chi connectivity index (χ1v) is 7.93. The zero-order valence-corrected chi connectivity index (χ0v) is 12.3. The van der Waals surface area contributed by atoms with E-state index in [1.54, 1.807) is 0 Å². The van der Waals surface area contributed by atoms with Crippen molar-refractivity contribution in [2.45, 2.75) is 32.2 Å². The summed E-state index contributed by atoms with van der Waals surface area (Å²) in [6, 6.07) is -0.0113. The van der Waals surface area contributed by atoms with Gasteiger partial charge in [-0.25, -0.2) is 0 Å². The summed E-state index contributed by atoms with van der Waals surface area (Å²) in [6.45, 7) is 2.94. The minimum Gasteiger partial charge on any atom is -0.383 e. The molecule has 1 atom stereocenters. The van der Waals surface area contributed by atoms with Gasteiger partial charge in [-0.1, -0.05) is 6.42 Å². The number of rotatable bonds is 7.